The topological polar surface area (TPSA) is 124 Å². The summed E-state index contributed by atoms with van der Waals surface area (Å²) in [5.41, 5.74) is 0. The van der Waals surface area contributed by atoms with Crippen molar-refractivity contribution < 1.29 is 20.5 Å². The predicted octanol–water partition coefficient (Wildman–Crippen LogP) is -1.09. The van der Waals surface area contributed by atoms with Crippen LogP contribution in [0.3, 0.4) is 0 Å². The van der Waals surface area contributed by atoms with Crippen LogP contribution in [0.25, 0.3) is 0 Å². The Morgan fingerprint density at radius 2 is 1.29 bits per heavy atom. The summed E-state index contributed by atoms with van der Waals surface area (Å²) in [6.07, 6.45) is -1.83. The van der Waals surface area contributed by atoms with Gasteiger partial charge in [-0.25, -0.2) is 4.79 Å². The van der Waals surface area contributed by atoms with Crippen LogP contribution in [0.4, 0.5) is 4.79 Å². The zero-order chi connectivity index (χ0) is 3.58. The van der Waals surface area contributed by atoms with Crippen LogP contribution < -0.4 is 6.15 Å². The van der Waals surface area contributed by atoms with Gasteiger partial charge >= 0.3 is 35.7 Å². The zero-order valence-corrected chi connectivity index (χ0v) is 3.01. The fraction of sp³-hybridized carbons (Fsp3) is 0. The van der Waals surface area contributed by atoms with E-state index in [1.54, 1.807) is 0 Å². The van der Waals surface area contributed by atoms with Crippen molar-refractivity contribution in [1.82, 2.24) is 6.15 Å². The maximum atomic E-state index is 8.56. The second kappa shape index (κ2) is 16.4. The molecule has 0 fully saturated rings. The predicted molar refractivity (Wildman–Crippen MR) is 26.4 cm³/mol. The molecule has 0 amide bonds. The van der Waals surface area contributed by atoms with E-state index in [1.807, 2.05) is 0 Å². The van der Waals surface area contributed by atoms with Gasteiger partial charge in [0.25, 0.3) is 0 Å². The number of hydrogen-bond donors (Lipinski definition) is 3. The molecule has 0 atom stereocenters. The van der Waals surface area contributed by atoms with Crippen LogP contribution in [-0.4, -0.2) is 51.4 Å². The Hall–Kier alpha value is 0.190. The van der Waals surface area contributed by atoms with Crippen molar-refractivity contribution in [2.45, 2.75) is 0 Å². The molecule has 7 N–H and O–H groups in total. The molecule has 0 bridgehead atoms. The summed E-state index contributed by atoms with van der Waals surface area (Å²) in [7, 11) is 0. The van der Waals surface area contributed by atoms with Crippen molar-refractivity contribution in [3.8, 4) is 0 Å². The number of carboxylic acid groups (broad SMARTS) is 2. The van der Waals surface area contributed by atoms with Gasteiger partial charge in [-0.15, -0.1) is 0 Å². The van der Waals surface area contributed by atoms with E-state index in [4.69, 9.17) is 15.0 Å². The molecule has 0 aromatic heterocycles. The van der Waals surface area contributed by atoms with Gasteiger partial charge in [-0.1, -0.05) is 0 Å². The first-order valence-corrected chi connectivity index (χ1v) is 0.651. The van der Waals surface area contributed by atoms with Gasteiger partial charge in [-0.3, -0.25) is 0 Å². The second-order valence-corrected chi connectivity index (χ2v) is 0.283. The number of carbonyl (C=O) groups is 1. The molecule has 0 unspecified atom stereocenters. The Morgan fingerprint density at radius 1 is 1.29 bits per heavy atom. The molecule has 0 saturated carbocycles. The molecule has 5 nitrogen and oxygen atoms in total. The fourth-order valence-corrected chi connectivity index (χ4v) is 0. The van der Waals surface area contributed by atoms with Gasteiger partial charge in [0, 0.05) is 0 Å². The summed E-state index contributed by atoms with van der Waals surface area (Å²) in [6, 6.07) is 0. The molecule has 0 heterocycles. The number of hydrogen-bond acceptors (Lipinski definition) is 2. The molecule has 0 aromatic rings. The van der Waals surface area contributed by atoms with Gasteiger partial charge in [0.15, 0.2) is 0 Å². The summed E-state index contributed by atoms with van der Waals surface area (Å²) in [4.78, 5) is 8.56. The first-order valence-electron chi connectivity index (χ1n) is 0.651. The molecule has 6 heteroatoms. The molecule has 0 saturated heterocycles. The van der Waals surface area contributed by atoms with Gasteiger partial charge in [0.05, 0.1) is 0 Å². The first-order chi connectivity index (χ1) is 1.73. The van der Waals surface area contributed by atoms with Crippen LogP contribution in [0, 0.1) is 0 Å². The van der Waals surface area contributed by atoms with E-state index >= 15 is 0 Å². The van der Waals surface area contributed by atoms with Crippen LogP contribution in [-0.2, 0) is 0 Å². The van der Waals surface area contributed by atoms with Crippen molar-refractivity contribution in [3.63, 3.8) is 0 Å². The normalized spacial score (nSPS) is 3.43. The Kier molecular flexibility index (Phi) is 63.4. The molecule has 0 aliphatic rings. The Bertz CT molecular complexity index is 34.7. The van der Waals surface area contributed by atoms with E-state index in [0.717, 1.165) is 0 Å². The monoisotopic (exact) mass is 121 g/mol. The molecule has 0 aliphatic carbocycles. The average molecular weight is 121 g/mol. The van der Waals surface area contributed by atoms with E-state index in [2.05, 4.69) is 0 Å². The van der Waals surface area contributed by atoms with E-state index < -0.39 is 6.16 Å². The van der Waals surface area contributed by atoms with Crippen molar-refractivity contribution in [2.24, 2.45) is 0 Å². The first kappa shape index (κ1) is 27.1. The van der Waals surface area contributed by atoms with Gasteiger partial charge in [0.2, 0.25) is 0 Å². The second-order valence-electron chi connectivity index (χ2n) is 0.283. The molecule has 42 valence electrons. The van der Waals surface area contributed by atoms with Crippen molar-refractivity contribution >= 4 is 35.7 Å². The molecule has 0 aromatic carbocycles. The van der Waals surface area contributed by atoms with E-state index in [0.29, 0.717) is 0 Å². The van der Waals surface area contributed by atoms with Crippen LogP contribution in [0.2, 0.25) is 0 Å². The molecule has 0 spiro atoms. The van der Waals surface area contributed by atoms with Crippen LogP contribution in [0.15, 0.2) is 0 Å². The summed E-state index contributed by atoms with van der Waals surface area (Å²) in [6.45, 7) is 0. The van der Waals surface area contributed by atoms with Crippen molar-refractivity contribution in [2.75, 3.05) is 0 Å². The molecule has 0 radical (unpaired) electrons. The molecule has 7 heavy (non-hydrogen) atoms. The SMILES string of the molecule is N.O.O=C(O)O.[NaH]. The Balaban J connectivity index is -0.0000000150. The van der Waals surface area contributed by atoms with Crippen LogP contribution >= 0.6 is 0 Å². The summed E-state index contributed by atoms with van der Waals surface area (Å²) in [5.74, 6) is 0. The minimum absolute atomic E-state index is 0. The molecule has 0 rings (SSSR count). The van der Waals surface area contributed by atoms with Crippen molar-refractivity contribution in [1.29, 1.82) is 0 Å². The van der Waals surface area contributed by atoms with Gasteiger partial charge in [-0.2, -0.15) is 0 Å². The minimum atomic E-state index is -1.83. The Morgan fingerprint density at radius 3 is 1.29 bits per heavy atom. The summed E-state index contributed by atoms with van der Waals surface area (Å²) >= 11 is 0. The van der Waals surface area contributed by atoms with Crippen LogP contribution in [0.5, 0.6) is 0 Å². The van der Waals surface area contributed by atoms with Gasteiger partial charge in [-0.05, 0) is 0 Å². The van der Waals surface area contributed by atoms with E-state index in [-0.39, 0.29) is 41.2 Å². The van der Waals surface area contributed by atoms with E-state index in [9.17, 15) is 0 Å². The average Bonchev–Trinajstić information content (AvgIpc) is 0.811. The van der Waals surface area contributed by atoms with Crippen molar-refractivity contribution in [3.05, 3.63) is 0 Å². The standard InChI is InChI=1S/CH2O3.H3N.Na.H2O.H/c2-1(3)4;;;;/h(H2,2,3,4);1H3;;1H2;. The molecular weight excluding hydrogens is 113 g/mol. The van der Waals surface area contributed by atoms with Gasteiger partial charge in [0.1, 0.15) is 0 Å². The third kappa shape index (κ3) is 3010. The molecular formula is CH8NNaO4. The Labute approximate surface area is 62.5 Å². The molecule has 0 aliphatic heterocycles. The van der Waals surface area contributed by atoms with Gasteiger partial charge < -0.3 is 21.8 Å². The summed E-state index contributed by atoms with van der Waals surface area (Å²) in [5, 5.41) is 13.9. The van der Waals surface area contributed by atoms with E-state index in [1.165, 1.54) is 0 Å². The quantitative estimate of drug-likeness (QED) is 0.352. The fourth-order valence-electron chi connectivity index (χ4n) is 0. The third-order valence-electron chi connectivity index (χ3n) is 0. The van der Waals surface area contributed by atoms with Crippen LogP contribution in [0.1, 0.15) is 0 Å². The zero-order valence-electron chi connectivity index (χ0n) is 3.01. The maximum absolute atomic E-state index is 8.56. The summed E-state index contributed by atoms with van der Waals surface area (Å²) < 4.78 is 0. The number of rotatable bonds is 0. The third-order valence-corrected chi connectivity index (χ3v) is 0.